The molecule has 0 aliphatic heterocycles. The van der Waals surface area contributed by atoms with E-state index in [0.29, 0.717) is 30.2 Å². The Hall–Kier alpha value is -2.05. The first-order valence-electron chi connectivity index (χ1n) is 10.6. The summed E-state index contributed by atoms with van der Waals surface area (Å²) in [6, 6.07) is 12.9. The largest absolute Gasteiger partial charge is 0.494 e. The number of benzene rings is 2. The molecule has 0 bridgehead atoms. The molecular weight excluding hydrogens is 446 g/mol. The van der Waals surface area contributed by atoms with E-state index in [1.54, 1.807) is 19.2 Å². The van der Waals surface area contributed by atoms with E-state index in [2.05, 4.69) is 21.2 Å². The Labute approximate surface area is 187 Å². The van der Waals surface area contributed by atoms with Crippen molar-refractivity contribution >= 4 is 27.5 Å². The average molecular weight is 476 g/mol. The number of hydrogen-bond acceptors (Lipinski definition) is 4. The summed E-state index contributed by atoms with van der Waals surface area (Å²) in [6.07, 6.45) is 7.88. The minimum absolute atomic E-state index is 0.227. The fourth-order valence-corrected chi connectivity index (χ4v) is 4.05. The molecule has 0 heterocycles. The molecule has 3 rings (SSSR count). The van der Waals surface area contributed by atoms with E-state index >= 15 is 0 Å². The van der Waals surface area contributed by atoms with Crippen LogP contribution in [0.15, 0.2) is 46.9 Å². The van der Waals surface area contributed by atoms with Crippen LogP contribution in [0.2, 0.25) is 0 Å². The molecule has 0 unspecified atom stereocenters. The zero-order valence-electron chi connectivity index (χ0n) is 17.5. The van der Waals surface area contributed by atoms with Gasteiger partial charge in [0.2, 0.25) is 0 Å². The van der Waals surface area contributed by atoms with Gasteiger partial charge in [0.05, 0.1) is 18.8 Å². The predicted molar refractivity (Wildman–Crippen MR) is 123 cm³/mol. The number of methoxy groups -OCH3 is 1. The molecule has 5 nitrogen and oxygen atoms in total. The molecule has 6 heteroatoms. The van der Waals surface area contributed by atoms with Crippen LogP contribution in [-0.2, 0) is 4.74 Å². The second-order valence-electron chi connectivity index (χ2n) is 7.60. The molecule has 2 aromatic rings. The van der Waals surface area contributed by atoms with Crippen LogP contribution in [0.4, 0.5) is 5.69 Å². The molecule has 0 spiro atoms. The fourth-order valence-electron chi connectivity index (χ4n) is 3.69. The summed E-state index contributed by atoms with van der Waals surface area (Å²) in [5.74, 6) is 1.93. The number of nitrogens with one attached hydrogen (secondary N) is 1. The number of hydrogen-bond donors (Lipinski definition) is 1. The Morgan fingerprint density at radius 2 is 1.77 bits per heavy atom. The van der Waals surface area contributed by atoms with Gasteiger partial charge in [-0.2, -0.15) is 0 Å². The summed E-state index contributed by atoms with van der Waals surface area (Å²) >= 11 is 3.42. The molecular formula is C24H30BrNO4. The van der Waals surface area contributed by atoms with E-state index in [0.717, 1.165) is 29.2 Å². The quantitative estimate of drug-likeness (QED) is 0.423. The van der Waals surface area contributed by atoms with Crippen molar-refractivity contribution in [1.82, 2.24) is 0 Å². The van der Waals surface area contributed by atoms with Crippen LogP contribution in [0.5, 0.6) is 11.5 Å². The topological polar surface area (TPSA) is 56.8 Å². The van der Waals surface area contributed by atoms with Crippen molar-refractivity contribution in [3.63, 3.8) is 0 Å². The zero-order chi connectivity index (χ0) is 21.2. The third-order valence-corrected chi connectivity index (χ3v) is 5.86. The summed E-state index contributed by atoms with van der Waals surface area (Å²) in [5, 5.41) is 2.92. The maximum atomic E-state index is 12.8. The highest BCUT2D eigenvalue weighted by atomic mass is 79.9. The molecule has 1 amide bonds. The van der Waals surface area contributed by atoms with Crippen LogP contribution in [0.25, 0.3) is 0 Å². The number of rotatable bonds is 10. The lowest BCUT2D eigenvalue weighted by atomic mass is 9.87. The fraction of sp³-hybridized carbons (Fsp3) is 0.458. The van der Waals surface area contributed by atoms with Crippen LogP contribution in [0.1, 0.15) is 48.9 Å². The van der Waals surface area contributed by atoms with Crippen LogP contribution in [0.3, 0.4) is 0 Å². The molecule has 0 atom stereocenters. The number of ether oxygens (including phenoxy) is 3. The van der Waals surface area contributed by atoms with Crippen LogP contribution >= 0.6 is 15.9 Å². The van der Waals surface area contributed by atoms with Crippen LogP contribution in [0, 0.1) is 5.92 Å². The molecule has 1 saturated carbocycles. The van der Waals surface area contributed by atoms with Crippen LogP contribution < -0.4 is 14.8 Å². The summed E-state index contributed by atoms with van der Waals surface area (Å²) < 4.78 is 17.4. The Balaban J connectivity index is 1.53. The van der Waals surface area contributed by atoms with Gasteiger partial charge in [0.15, 0.2) is 0 Å². The van der Waals surface area contributed by atoms with Crippen molar-refractivity contribution in [2.45, 2.75) is 38.5 Å². The van der Waals surface area contributed by atoms with Gasteiger partial charge in [-0.25, -0.2) is 0 Å². The molecule has 0 saturated heterocycles. The standard InChI is InChI=1S/C24H30BrNO4/c1-28-15-16-30-23-12-7-19(25)17-22(23)24(27)26-20-8-10-21(11-9-20)29-14-13-18-5-3-2-4-6-18/h7-12,17-18H,2-6,13-16H2,1H3,(H,26,27). The number of halogens is 1. The second-order valence-corrected chi connectivity index (χ2v) is 8.52. The van der Waals surface area contributed by atoms with Crippen molar-refractivity contribution in [3.05, 3.63) is 52.5 Å². The van der Waals surface area contributed by atoms with Gasteiger partial charge in [-0.3, -0.25) is 4.79 Å². The lowest BCUT2D eigenvalue weighted by molar-refractivity contribution is 0.101. The number of amides is 1. The molecule has 1 aliphatic rings. The van der Waals surface area contributed by atoms with Gasteiger partial charge < -0.3 is 19.5 Å². The van der Waals surface area contributed by atoms with E-state index in [-0.39, 0.29) is 5.91 Å². The monoisotopic (exact) mass is 475 g/mol. The van der Waals surface area contributed by atoms with Gasteiger partial charge in [0.25, 0.3) is 5.91 Å². The minimum Gasteiger partial charge on any atom is -0.494 e. The summed E-state index contributed by atoms with van der Waals surface area (Å²) in [7, 11) is 1.61. The average Bonchev–Trinajstić information content (AvgIpc) is 2.77. The van der Waals surface area contributed by atoms with Crippen molar-refractivity contribution < 1.29 is 19.0 Å². The van der Waals surface area contributed by atoms with E-state index in [4.69, 9.17) is 14.2 Å². The lowest BCUT2D eigenvalue weighted by Crippen LogP contribution is -2.15. The molecule has 0 radical (unpaired) electrons. The Morgan fingerprint density at radius 1 is 1.00 bits per heavy atom. The molecule has 1 fully saturated rings. The highest BCUT2D eigenvalue weighted by Gasteiger charge is 2.15. The normalized spacial score (nSPS) is 14.3. The highest BCUT2D eigenvalue weighted by molar-refractivity contribution is 9.10. The van der Waals surface area contributed by atoms with Gasteiger partial charge in [-0.05, 0) is 54.8 Å². The minimum atomic E-state index is -0.227. The van der Waals surface area contributed by atoms with E-state index in [9.17, 15) is 4.79 Å². The molecule has 1 N–H and O–H groups in total. The summed E-state index contributed by atoms with van der Waals surface area (Å²) in [4.78, 5) is 12.8. The highest BCUT2D eigenvalue weighted by Crippen LogP contribution is 2.27. The second kappa shape index (κ2) is 12.0. The summed E-state index contributed by atoms with van der Waals surface area (Å²) in [5.41, 5.74) is 1.18. The first-order valence-corrected chi connectivity index (χ1v) is 11.4. The maximum absolute atomic E-state index is 12.8. The molecule has 1 aliphatic carbocycles. The SMILES string of the molecule is COCCOc1ccc(Br)cc1C(=O)Nc1ccc(OCCC2CCCCC2)cc1. The third-order valence-electron chi connectivity index (χ3n) is 5.36. The van der Waals surface area contributed by atoms with Crippen molar-refractivity contribution in [3.8, 4) is 11.5 Å². The molecule has 162 valence electrons. The Morgan fingerprint density at radius 3 is 2.50 bits per heavy atom. The lowest BCUT2D eigenvalue weighted by Gasteiger charge is -2.21. The Bertz CT molecular complexity index is 803. The zero-order valence-corrected chi connectivity index (χ0v) is 19.1. The summed E-state index contributed by atoms with van der Waals surface area (Å²) in [6.45, 7) is 1.58. The van der Waals surface area contributed by atoms with Crippen molar-refractivity contribution in [1.29, 1.82) is 0 Å². The third kappa shape index (κ3) is 7.03. The molecule has 30 heavy (non-hydrogen) atoms. The van der Waals surface area contributed by atoms with Gasteiger partial charge in [0.1, 0.15) is 18.1 Å². The van der Waals surface area contributed by atoms with Crippen molar-refractivity contribution in [2.75, 3.05) is 32.2 Å². The first-order chi connectivity index (χ1) is 14.7. The smallest absolute Gasteiger partial charge is 0.259 e. The maximum Gasteiger partial charge on any atom is 0.259 e. The van der Waals surface area contributed by atoms with E-state index in [1.165, 1.54) is 32.1 Å². The Kier molecular flexibility index (Phi) is 9.02. The van der Waals surface area contributed by atoms with Gasteiger partial charge in [-0.1, -0.05) is 48.0 Å². The van der Waals surface area contributed by atoms with Gasteiger partial charge in [0, 0.05) is 17.3 Å². The van der Waals surface area contributed by atoms with E-state index in [1.807, 2.05) is 30.3 Å². The van der Waals surface area contributed by atoms with Crippen molar-refractivity contribution in [2.24, 2.45) is 5.92 Å². The van der Waals surface area contributed by atoms with Gasteiger partial charge >= 0.3 is 0 Å². The van der Waals surface area contributed by atoms with Crippen LogP contribution in [-0.4, -0.2) is 32.8 Å². The van der Waals surface area contributed by atoms with Gasteiger partial charge in [-0.15, -0.1) is 0 Å². The number of anilines is 1. The molecule has 0 aromatic heterocycles. The predicted octanol–water partition coefficient (Wildman–Crippen LogP) is 6.08. The molecule has 2 aromatic carbocycles. The van der Waals surface area contributed by atoms with E-state index < -0.39 is 0 Å². The number of carbonyl (C=O) groups is 1. The first kappa shape index (κ1) is 22.6. The number of carbonyl (C=O) groups excluding carboxylic acids is 1.